The molecule has 10 nitrogen and oxygen atoms in total. The minimum absolute atomic E-state index is 0.188. The largest absolute Gasteiger partial charge is 0.504 e. The van der Waals surface area contributed by atoms with E-state index < -0.39 is 18.0 Å². The fourth-order valence-corrected chi connectivity index (χ4v) is 4.10. The maximum absolute atomic E-state index is 15.0. The zero-order chi connectivity index (χ0) is 25.8. The molecule has 4 rings (SSSR count). The molecule has 0 aliphatic carbocycles. The Morgan fingerprint density at radius 1 is 1.11 bits per heavy atom. The van der Waals surface area contributed by atoms with Crippen molar-refractivity contribution in [3.8, 4) is 11.5 Å². The Labute approximate surface area is 207 Å². The Balaban J connectivity index is 1.33. The van der Waals surface area contributed by atoms with E-state index >= 15 is 0 Å². The van der Waals surface area contributed by atoms with E-state index in [1.165, 1.54) is 36.1 Å². The number of benzene rings is 2. The molecule has 36 heavy (non-hydrogen) atoms. The maximum atomic E-state index is 15.0. The number of carbonyl (C=O) groups is 3. The normalized spacial score (nSPS) is 18.0. The van der Waals surface area contributed by atoms with Gasteiger partial charge >= 0.3 is 6.09 Å². The van der Waals surface area contributed by atoms with Crippen molar-refractivity contribution in [1.82, 2.24) is 10.2 Å². The molecular formula is C25H27FN4O6. The van der Waals surface area contributed by atoms with Gasteiger partial charge in [-0.15, -0.1) is 0 Å². The van der Waals surface area contributed by atoms with Crippen molar-refractivity contribution >= 4 is 35.4 Å². The van der Waals surface area contributed by atoms with Gasteiger partial charge in [-0.3, -0.25) is 14.5 Å². The number of carbonyl (C=O) groups excluding carboxylic acids is 3. The van der Waals surface area contributed by atoms with E-state index in [4.69, 9.17) is 4.74 Å². The van der Waals surface area contributed by atoms with Gasteiger partial charge in [0.2, 0.25) is 11.8 Å². The van der Waals surface area contributed by atoms with Crippen LogP contribution in [0.25, 0.3) is 6.08 Å². The summed E-state index contributed by atoms with van der Waals surface area (Å²) in [6.07, 6.45) is 1.84. The number of hydrogen-bond donors (Lipinski definition) is 3. The Hall–Kier alpha value is -4.28. The molecular weight excluding hydrogens is 471 g/mol. The molecule has 2 aliphatic heterocycles. The monoisotopic (exact) mass is 498 g/mol. The van der Waals surface area contributed by atoms with Crippen LogP contribution in [0, 0.1) is 5.82 Å². The second-order valence-electron chi connectivity index (χ2n) is 8.58. The Morgan fingerprint density at radius 2 is 1.86 bits per heavy atom. The fourth-order valence-electron chi connectivity index (χ4n) is 4.10. The molecule has 1 atom stereocenters. The van der Waals surface area contributed by atoms with E-state index in [0.29, 0.717) is 43.1 Å². The summed E-state index contributed by atoms with van der Waals surface area (Å²) in [6.45, 7) is 3.42. The first kappa shape index (κ1) is 24.8. The second kappa shape index (κ2) is 10.5. The van der Waals surface area contributed by atoms with Crippen LogP contribution < -0.4 is 15.1 Å². The topological polar surface area (TPSA) is 123 Å². The smallest absolute Gasteiger partial charge is 0.414 e. The van der Waals surface area contributed by atoms with Crippen LogP contribution in [-0.2, 0) is 14.3 Å². The van der Waals surface area contributed by atoms with E-state index in [1.807, 2.05) is 4.90 Å². The first-order valence-corrected chi connectivity index (χ1v) is 11.5. The highest BCUT2D eigenvalue weighted by Gasteiger charge is 2.33. The predicted molar refractivity (Wildman–Crippen MR) is 130 cm³/mol. The summed E-state index contributed by atoms with van der Waals surface area (Å²) in [7, 11) is 0. The molecule has 0 radical (unpaired) electrons. The molecule has 3 N–H and O–H groups in total. The molecule has 190 valence electrons. The van der Waals surface area contributed by atoms with Crippen LogP contribution in [0.4, 0.5) is 20.6 Å². The Morgan fingerprint density at radius 3 is 2.53 bits per heavy atom. The number of piperazine rings is 1. The molecule has 2 aromatic carbocycles. The molecule has 0 bridgehead atoms. The molecule has 0 spiro atoms. The van der Waals surface area contributed by atoms with Crippen LogP contribution in [0.2, 0.25) is 0 Å². The first-order chi connectivity index (χ1) is 17.2. The third-order valence-corrected chi connectivity index (χ3v) is 6.05. The minimum atomic E-state index is -0.597. The molecule has 0 aromatic heterocycles. The lowest BCUT2D eigenvalue weighted by molar-refractivity contribution is -0.126. The summed E-state index contributed by atoms with van der Waals surface area (Å²) >= 11 is 0. The molecule has 2 aromatic rings. The van der Waals surface area contributed by atoms with Crippen LogP contribution in [0.5, 0.6) is 11.5 Å². The van der Waals surface area contributed by atoms with Crippen molar-refractivity contribution in [2.45, 2.75) is 13.0 Å². The third-order valence-electron chi connectivity index (χ3n) is 6.05. The number of amides is 3. The number of phenolic OH excluding ortho intramolecular Hbond substituents is 2. The number of aromatic hydroxyl groups is 2. The lowest BCUT2D eigenvalue weighted by Crippen LogP contribution is -2.48. The standard InChI is InChI=1S/C25H27FN4O6/c1-16(31)27-14-19-15-30(25(35)36-19)18-4-5-21(20(26)13-18)28-8-10-29(11-9-28)24(34)7-3-17-2-6-22(32)23(33)12-17/h2-7,12-13,19,32-33H,8-11,14-15H2,1H3,(H,27,31)/t19-/m0/s1. The number of ether oxygens (including phenoxy) is 1. The molecule has 2 fully saturated rings. The summed E-state index contributed by atoms with van der Waals surface area (Å²) in [5.74, 6) is -1.42. The van der Waals surface area contributed by atoms with Crippen molar-refractivity contribution in [3.05, 3.63) is 53.9 Å². The lowest BCUT2D eigenvalue weighted by atomic mass is 10.1. The van der Waals surface area contributed by atoms with E-state index in [1.54, 1.807) is 29.2 Å². The first-order valence-electron chi connectivity index (χ1n) is 11.5. The van der Waals surface area contributed by atoms with Crippen LogP contribution >= 0.6 is 0 Å². The van der Waals surface area contributed by atoms with Gasteiger partial charge in [0, 0.05) is 39.2 Å². The quantitative estimate of drug-likeness (QED) is 0.412. The fraction of sp³-hybridized carbons (Fsp3) is 0.320. The number of nitrogens with one attached hydrogen (secondary N) is 1. The molecule has 11 heteroatoms. The van der Waals surface area contributed by atoms with Gasteiger partial charge in [0.25, 0.3) is 0 Å². The number of phenols is 2. The van der Waals surface area contributed by atoms with Gasteiger partial charge in [-0.1, -0.05) is 6.07 Å². The third kappa shape index (κ3) is 5.68. The van der Waals surface area contributed by atoms with Gasteiger partial charge in [0.1, 0.15) is 11.9 Å². The van der Waals surface area contributed by atoms with E-state index in [-0.39, 0.29) is 36.4 Å². The number of halogens is 1. The summed E-state index contributed by atoms with van der Waals surface area (Å²) in [4.78, 5) is 40.6. The number of hydrogen-bond acceptors (Lipinski definition) is 7. The predicted octanol–water partition coefficient (Wildman–Crippen LogP) is 2.06. The highest BCUT2D eigenvalue weighted by atomic mass is 19.1. The van der Waals surface area contributed by atoms with Crippen LogP contribution in [-0.4, -0.2) is 78.4 Å². The van der Waals surface area contributed by atoms with E-state index in [9.17, 15) is 29.0 Å². The van der Waals surface area contributed by atoms with Crippen molar-refractivity contribution in [2.24, 2.45) is 0 Å². The maximum Gasteiger partial charge on any atom is 0.414 e. The highest BCUT2D eigenvalue weighted by Crippen LogP contribution is 2.29. The zero-order valence-electron chi connectivity index (χ0n) is 19.7. The van der Waals surface area contributed by atoms with Gasteiger partial charge < -0.3 is 30.1 Å². The minimum Gasteiger partial charge on any atom is -0.504 e. The second-order valence-corrected chi connectivity index (χ2v) is 8.58. The molecule has 0 saturated carbocycles. The summed E-state index contributed by atoms with van der Waals surface area (Å²) in [5.41, 5.74) is 1.32. The molecule has 2 heterocycles. The summed E-state index contributed by atoms with van der Waals surface area (Å²) in [6, 6.07) is 8.81. The van der Waals surface area contributed by atoms with Gasteiger partial charge in [0.05, 0.1) is 24.5 Å². The molecule has 3 amide bonds. The summed E-state index contributed by atoms with van der Waals surface area (Å²) < 4.78 is 20.2. The van der Waals surface area contributed by atoms with Crippen molar-refractivity contribution in [2.75, 3.05) is 49.1 Å². The summed E-state index contributed by atoms with van der Waals surface area (Å²) in [5, 5.41) is 21.5. The highest BCUT2D eigenvalue weighted by molar-refractivity contribution is 5.92. The van der Waals surface area contributed by atoms with Crippen LogP contribution in [0.3, 0.4) is 0 Å². The average Bonchev–Trinajstić information content (AvgIpc) is 3.23. The van der Waals surface area contributed by atoms with Gasteiger partial charge in [-0.25, -0.2) is 9.18 Å². The number of cyclic esters (lactones) is 1. The van der Waals surface area contributed by atoms with Gasteiger partial charge in [-0.2, -0.15) is 0 Å². The SMILES string of the molecule is CC(=O)NC[C@H]1CN(c2ccc(N3CCN(C(=O)C=Cc4ccc(O)c(O)c4)CC3)c(F)c2)C(=O)O1. The molecule has 2 aliphatic rings. The van der Waals surface area contributed by atoms with Crippen LogP contribution in [0.15, 0.2) is 42.5 Å². The van der Waals surface area contributed by atoms with Crippen LogP contribution in [0.1, 0.15) is 12.5 Å². The number of anilines is 2. The van der Waals surface area contributed by atoms with Crippen molar-refractivity contribution < 1.29 is 33.7 Å². The molecule has 0 unspecified atom stereocenters. The van der Waals surface area contributed by atoms with Crippen molar-refractivity contribution in [3.63, 3.8) is 0 Å². The number of nitrogens with zero attached hydrogens (tertiary/aromatic N) is 3. The Bertz CT molecular complexity index is 1200. The average molecular weight is 499 g/mol. The number of rotatable bonds is 6. The zero-order valence-corrected chi connectivity index (χ0v) is 19.7. The molecule has 2 saturated heterocycles. The lowest BCUT2D eigenvalue weighted by Gasteiger charge is -2.36. The van der Waals surface area contributed by atoms with E-state index in [0.717, 1.165) is 0 Å². The van der Waals surface area contributed by atoms with Gasteiger partial charge in [-0.05, 0) is 42.0 Å². The van der Waals surface area contributed by atoms with Crippen molar-refractivity contribution in [1.29, 1.82) is 0 Å². The van der Waals surface area contributed by atoms with E-state index in [2.05, 4.69) is 5.32 Å². The van der Waals surface area contributed by atoms with Gasteiger partial charge in [0.15, 0.2) is 11.5 Å². The Kier molecular flexibility index (Phi) is 7.28.